The number of hydrogen-bond acceptors (Lipinski definition) is 4. The Kier molecular flexibility index (Phi) is 3.70. The maximum atomic E-state index is 5.48. The van der Waals surface area contributed by atoms with Crippen LogP contribution in [0.1, 0.15) is 13.8 Å². The number of aromatic nitrogens is 1. The summed E-state index contributed by atoms with van der Waals surface area (Å²) in [7, 11) is 0. The van der Waals surface area contributed by atoms with E-state index in [2.05, 4.69) is 39.7 Å². The van der Waals surface area contributed by atoms with Gasteiger partial charge in [-0.3, -0.25) is 0 Å². The zero-order valence-corrected chi connectivity index (χ0v) is 13.2. The third-order valence-electron chi connectivity index (χ3n) is 3.46. The van der Waals surface area contributed by atoms with Crippen LogP contribution in [0.2, 0.25) is 0 Å². The molecule has 2 aromatic rings. The van der Waals surface area contributed by atoms with Gasteiger partial charge in [0.25, 0.3) is 0 Å². The summed E-state index contributed by atoms with van der Waals surface area (Å²) in [6, 6.07) is 6.45. The molecule has 0 bridgehead atoms. The van der Waals surface area contributed by atoms with Crippen LogP contribution in [0.3, 0.4) is 0 Å². The maximum Gasteiger partial charge on any atom is 0.231 e. The van der Waals surface area contributed by atoms with Crippen LogP contribution < -0.4 is 14.4 Å². The van der Waals surface area contributed by atoms with Crippen molar-refractivity contribution in [3.05, 3.63) is 24.4 Å². The Hall–Kier alpha value is -1.49. The predicted molar refractivity (Wildman–Crippen MR) is 84.1 cm³/mol. The number of hydrogen-bond donors (Lipinski definition) is 0. The minimum absolute atomic E-state index is 0.295. The lowest BCUT2D eigenvalue weighted by molar-refractivity contribution is 0.174. The van der Waals surface area contributed by atoms with E-state index in [1.807, 2.05) is 24.4 Å². The second-order valence-electron chi connectivity index (χ2n) is 5.04. The van der Waals surface area contributed by atoms with Crippen molar-refractivity contribution >= 4 is 32.5 Å². The fourth-order valence-electron chi connectivity index (χ4n) is 2.48. The zero-order chi connectivity index (χ0) is 14.1. The monoisotopic (exact) mass is 336 g/mol. The van der Waals surface area contributed by atoms with Gasteiger partial charge in [-0.05, 0) is 37.4 Å². The van der Waals surface area contributed by atoms with E-state index < -0.39 is 0 Å². The summed E-state index contributed by atoms with van der Waals surface area (Å²) in [5.41, 5.74) is 0. The van der Waals surface area contributed by atoms with Crippen LogP contribution in [0.5, 0.6) is 11.5 Å². The van der Waals surface area contributed by atoms with Crippen molar-refractivity contribution < 1.29 is 9.47 Å². The van der Waals surface area contributed by atoms with E-state index in [-0.39, 0.29) is 0 Å². The third kappa shape index (κ3) is 2.30. The topological polar surface area (TPSA) is 34.6 Å². The van der Waals surface area contributed by atoms with Crippen LogP contribution in [0.25, 0.3) is 10.8 Å². The van der Waals surface area contributed by atoms with E-state index in [0.29, 0.717) is 12.8 Å². The van der Waals surface area contributed by atoms with Crippen LogP contribution >= 0.6 is 15.9 Å². The molecule has 0 atom stereocenters. The number of pyridine rings is 1. The van der Waals surface area contributed by atoms with Crippen LogP contribution in [0.4, 0.5) is 5.82 Å². The average Bonchev–Trinajstić information content (AvgIpc) is 2.88. The summed E-state index contributed by atoms with van der Waals surface area (Å²) >= 11 is 3.52. The summed E-state index contributed by atoms with van der Waals surface area (Å²) in [4.78, 5) is 6.87. The highest BCUT2D eigenvalue weighted by atomic mass is 79.9. The van der Waals surface area contributed by atoms with E-state index >= 15 is 0 Å². The van der Waals surface area contributed by atoms with Gasteiger partial charge in [-0.2, -0.15) is 0 Å². The number of fused-ring (bicyclic) bond motifs is 2. The minimum Gasteiger partial charge on any atom is -0.454 e. The minimum atomic E-state index is 0.295. The molecule has 5 heteroatoms. The first-order valence-electron chi connectivity index (χ1n) is 6.71. The molecule has 1 aliphatic rings. The molecule has 106 valence electrons. The SMILES string of the molecule is CC(C)N(CCBr)c1nccc2cc3c(cc12)OCO3. The highest BCUT2D eigenvalue weighted by Gasteiger charge is 2.19. The normalized spacial score (nSPS) is 13.2. The molecule has 0 saturated carbocycles. The molecule has 1 aromatic carbocycles. The molecule has 3 rings (SSSR count). The molecule has 0 radical (unpaired) electrons. The fraction of sp³-hybridized carbons (Fsp3) is 0.400. The Morgan fingerprint density at radius 3 is 2.75 bits per heavy atom. The average molecular weight is 337 g/mol. The van der Waals surface area contributed by atoms with Gasteiger partial charge in [0, 0.05) is 29.5 Å². The molecule has 0 aliphatic carbocycles. The molecule has 0 fully saturated rings. The molecule has 0 amide bonds. The summed E-state index contributed by atoms with van der Waals surface area (Å²) in [5, 5.41) is 3.14. The van der Waals surface area contributed by atoms with Crippen molar-refractivity contribution in [1.82, 2.24) is 4.98 Å². The fourth-order valence-corrected chi connectivity index (χ4v) is 2.86. The Labute approximate surface area is 126 Å². The summed E-state index contributed by atoms with van der Waals surface area (Å²) in [6.07, 6.45) is 1.85. The van der Waals surface area contributed by atoms with E-state index in [1.165, 1.54) is 0 Å². The van der Waals surface area contributed by atoms with Gasteiger partial charge in [0.05, 0.1) is 0 Å². The lowest BCUT2D eigenvalue weighted by atomic mass is 10.1. The second-order valence-corrected chi connectivity index (χ2v) is 5.83. The maximum absolute atomic E-state index is 5.48. The van der Waals surface area contributed by atoms with Crippen LogP contribution in [-0.2, 0) is 0 Å². The highest BCUT2D eigenvalue weighted by Crippen LogP contribution is 2.38. The lowest BCUT2D eigenvalue weighted by Gasteiger charge is -2.28. The van der Waals surface area contributed by atoms with E-state index in [4.69, 9.17) is 9.47 Å². The van der Waals surface area contributed by atoms with Gasteiger partial charge in [-0.25, -0.2) is 4.98 Å². The predicted octanol–water partition coefficient (Wildman–Crippen LogP) is 3.57. The number of rotatable bonds is 4. The molecule has 1 aromatic heterocycles. The largest absolute Gasteiger partial charge is 0.454 e. The van der Waals surface area contributed by atoms with E-state index in [9.17, 15) is 0 Å². The van der Waals surface area contributed by atoms with Crippen LogP contribution in [0, 0.1) is 0 Å². The van der Waals surface area contributed by atoms with Gasteiger partial charge >= 0.3 is 0 Å². The zero-order valence-electron chi connectivity index (χ0n) is 11.6. The standard InChI is InChI=1S/C15H17BrN2O2/c1-10(2)18(6-4-16)15-12-8-14-13(19-9-20-14)7-11(12)3-5-17-15/h3,5,7-8,10H,4,6,9H2,1-2H3. The Morgan fingerprint density at radius 2 is 2.05 bits per heavy atom. The first-order valence-corrected chi connectivity index (χ1v) is 7.84. The van der Waals surface area contributed by atoms with Crippen molar-refractivity contribution in [2.45, 2.75) is 19.9 Å². The molecule has 0 N–H and O–H groups in total. The number of anilines is 1. The molecule has 1 aliphatic heterocycles. The second kappa shape index (κ2) is 5.48. The molecule has 0 spiro atoms. The number of ether oxygens (including phenoxy) is 2. The summed E-state index contributed by atoms with van der Waals surface area (Å²) in [5.74, 6) is 2.61. The first-order chi connectivity index (χ1) is 9.70. The van der Waals surface area contributed by atoms with Gasteiger partial charge in [0.2, 0.25) is 6.79 Å². The quantitative estimate of drug-likeness (QED) is 0.799. The molecular formula is C15H17BrN2O2. The Balaban J connectivity index is 2.15. The molecule has 0 saturated heterocycles. The van der Waals surface area contributed by atoms with Crippen LogP contribution in [0.15, 0.2) is 24.4 Å². The van der Waals surface area contributed by atoms with Gasteiger partial charge in [-0.1, -0.05) is 15.9 Å². The number of alkyl halides is 1. The van der Waals surface area contributed by atoms with Crippen LogP contribution in [-0.4, -0.2) is 29.7 Å². The van der Waals surface area contributed by atoms with Crippen molar-refractivity contribution in [3.8, 4) is 11.5 Å². The van der Waals surface area contributed by atoms with Gasteiger partial charge in [-0.15, -0.1) is 0 Å². The number of benzene rings is 1. The van der Waals surface area contributed by atoms with Crippen molar-refractivity contribution in [2.24, 2.45) is 0 Å². The van der Waals surface area contributed by atoms with Crippen molar-refractivity contribution in [1.29, 1.82) is 0 Å². The first kappa shape index (κ1) is 13.5. The summed E-state index contributed by atoms with van der Waals surface area (Å²) in [6.45, 7) is 5.56. The molecule has 20 heavy (non-hydrogen) atoms. The van der Waals surface area contributed by atoms with E-state index in [1.54, 1.807) is 0 Å². The van der Waals surface area contributed by atoms with Gasteiger partial charge in [0.15, 0.2) is 11.5 Å². The van der Waals surface area contributed by atoms with Gasteiger partial charge < -0.3 is 14.4 Å². The molecule has 4 nitrogen and oxygen atoms in total. The number of nitrogens with zero attached hydrogens (tertiary/aromatic N) is 2. The Morgan fingerprint density at radius 1 is 1.30 bits per heavy atom. The van der Waals surface area contributed by atoms with Gasteiger partial charge in [0.1, 0.15) is 5.82 Å². The third-order valence-corrected chi connectivity index (χ3v) is 3.81. The molecule has 0 unspecified atom stereocenters. The number of halogens is 1. The molecule has 2 heterocycles. The lowest BCUT2D eigenvalue weighted by Crippen LogP contribution is -2.33. The highest BCUT2D eigenvalue weighted by molar-refractivity contribution is 9.09. The Bertz CT molecular complexity index is 631. The molecular weight excluding hydrogens is 320 g/mol. The summed E-state index contributed by atoms with van der Waals surface area (Å²) < 4.78 is 10.9. The smallest absolute Gasteiger partial charge is 0.231 e. The van der Waals surface area contributed by atoms with E-state index in [0.717, 1.165) is 40.0 Å². The van der Waals surface area contributed by atoms with Crippen molar-refractivity contribution in [3.63, 3.8) is 0 Å². The van der Waals surface area contributed by atoms with Crippen molar-refractivity contribution in [2.75, 3.05) is 23.6 Å².